The predicted octanol–water partition coefficient (Wildman–Crippen LogP) is 0.319. The van der Waals surface area contributed by atoms with Gasteiger partial charge in [0.2, 0.25) is 0 Å². The molecule has 2 N–H and O–H groups in total. The average Bonchev–Trinajstić information content (AvgIpc) is 3.14. The lowest BCUT2D eigenvalue weighted by Crippen LogP contribution is -2.36. The summed E-state index contributed by atoms with van der Waals surface area (Å²) in [7, 11) is 0. The average molecular weight is 341 g/mol. The van der Waals surface area contributed by atoms with Crippen molar-refractivity contribution < 1.29 is 24.0 Å². The molecule has 8 nitrogen and oxygen atoms in total. The number of fused-ring (bicyclic) bond motifs is 1. The molecule has 3 saturated heterocycles. The summed E-state index contributed by atoms with van der Waals surface area (Å²) < 4.78 is 0. The van der Waals surface area contributed by atoms with E-state index in [0.717, 1.165) is 18.6 Å². The van der Waals surface area contributed by atoms with Crippen LogP contribution in [0, 0.1) is 0 Å². The molecule has 23 heavy (non-hydrogen) atoms. The van der Waals surface area contributed by atoms with E-state index in [1.165, 1.54) is 0 Å². The van der Waals surface area contributed by atoms with E-state index in [2.05, 4.69) is 10.6 Å². The zero-order valence-electron chi connectivity index (χ0n) is 12.6. The van der Waals surface area contributed by atoms with Crippen molar-refractivity contribution in [3.8, 4) is 0 Å². The standard InChI is InChI=1S/C14H19N3O5S/c18-10-5-6-11(19)17(10)22-12(20)4-2-1-3-9-13-8(7-23-9)15-14(21)16-13/h8-9,13H,1-7H2,(H2,15,16,21)/t8?,9?,13-/m0/s1. The Hall–Kier alpha value is -1.77. The minimum atomic E-state index is -0.554. The molecule has 0 bridgehead atoms. The minimum absolute atomic E-state index is 0.103. The molecular weight excluding hydrogens is 322 g/mol. The molecule has 126 valence electrons. The Morgan fingerprint density at radius 3 is 2.65 bits per heavy atom. The minimum Gasteiger partial charge on any atom is -0.332 e. The van der Waals surface area contributed by atoms with Crippen LogP contribution in [0.15, 0.2) is 0 Å². The monoisotopic (exact) mass is 341 g/mol. The largest absolute Gasteiger partial charge is 0.333 e. The number of rotatable bonds is 6. The van der Waals surface area contributed by atoms with Crippen LogP contribution in [0.25, 0.3) is 0 Å². The molecule has 3 rings (SSSR count). The van der Waals surface area contributed by atoms with Crippen molar-refractivity contribution in [3.63, 3.8) is 0 Å². The van der Waals surface area contributed by atoms with Crippen LogP contribution in [0.2, 0.25) is 0 Å². The van der Waals surface area contributed by atoms with Crippen LogP contribution >= 0.6 is 11.8 Å². The number of amides is 4. The summed E-state index contributed by atoms with van der Waals surface area (Å²) in [6.45, 7) is 0. The Labute approximate surface area is 137 Å². The Morgan fingerprint density at radius 2 is 1.91 bits per heavy atom. The number of imide groups is 1. The molecule has 3 aliphatic rings. The van der Waals surface area contributed by atoms with E-state index in [-0.39, 0.29) is 37.4 Å². The number of nitrogens with one attached hydrogen (secondary N) is 2. The van der Waals surface area contributed by atoms with Crippen LogP contribution in [0.3, 0.4) is 0 Å². The first-order valence-corrected chi connectivity index (χ1v) is 8.84. The van der Waals surface area contributed by atoms with Gasteiger partial charge in [-0.25, -0.2) is 9.59 Å². The first kappa shape index (κ1) is 16.1. The van der Waals surface area contributed by atoms with Gasteiger partial charge in [-0.2, -0.15) is 11.8 Å². The van der Waals surface area contributed by atoms with E-state index < -0.39 is 17.8 Å². The first-order valence-electron chi connectivity index (χ1n) is 7.80. The lowest BCUT2D eigenvalue weighted by molar-refractivity contribution is -0.197. The topological polar surface area (TPSA) is 105 Å². The predicted molar refractivity (Wildman–Crippen MR) is 81.1 cm³/mol. The molecular formula is C14H19N3O5S. The van der Waals surface area contributed by atoms with E-state index in [4.69, 9.17) is 4.84 Å². The number of carbonyl (C=O) groups is 4. The summed E-state index contributed by atoms with van der Waals surface area (Å²) in [6, 6.07) is 0.266. The third kappa shape index (κ3) is 3.60. The van der Waals surface area contributed by atoms with Gasteiger partial charge in [0.05, 0.1) is 12.1 Å². The van der Waals surface area contributed by atoms with Crippen molar-refractivity contribution in [2.75, 3.05) is 5.75 Å². The second-order valence-electron chi connectivity index (χ2n) is 5.91. The smallest absolute Gasteiger partial charge is 0.332 e. The lowest BCUT2D eigenvalue weighted by atomic mass is 10.0. The Kier molecular flexibility index (Phi) is 4.74. The van der Waals surface area contributed by atoms with E-state index in [0.29, 0.717) is 16.7 Å². The molecule has 0 aromatic heterocycles. The highest BCUT2D eigenvalue weighted by Crippen LogP contribution is 2.33. The SMILES string of the molecule is O=C1NC2CSC(CCCCC(=O)ON3C(=O)CCC3=O)[C@H]2N1. The van der Waals surface area contributed by atoms with Crippen molar-refractivity contribution in [2.24, 2.45) is 0 Å². The molecule has 0 spiro atoms. The second-order valence-corrected chi connectivity index (χ2v) is 7.18. The van der Waals surface area contributed by atoms with Crippen molar-refractivity contribution in [2.45, 2.75) is 55.9 Å². The van der Waals surface area contributed by atoms with Crippen LogP contribution in [0.1, 0.15) is 38.5 Å². The molecule has 0 saturated carbocycles. The maximum atomic E-state index is 11.7. The fraction of sp³-hybridized carbons (Fsp3) is 0.714. The van der Waals surface area contributed by atoms with E-state index in [1.807, 2.05) is 11.8 Å². The molecule has 9 heteroatoms. The van der Waals surface area contributed by atoms with Crippen LogP contribution in [0.4, 0.5) is 4.79 Å². The highest BCUT2D eigenvalue weighted by Gasteiger charge is 2.42. The highest BCUT2D eigenvalue weighted by molar-refractivity contribution is 8.00. The van der Waals surface area contributed by atoms with Gasteiger partial charge >= 0.3 is 12.0 Å². The van der Waals surface area contributed by atoms with Gasteiger partial charge in [-0.15, -0.1) is 5.06 Å². The summed E-state index contributed by atoms with van der Waals surface area (Å²) >= 11 is 1.83. The van der Waals surface area contributed by atoms with E-state index in [9.17, 15) is 19.2 Å². The van der Waals surface area contributed by atoms with Crippen LogP contribution in [0.5, 0.6) is 0 Å². The molecule has 3 atom stereocenters. The van der Waals surface area contributed by atoms with Crippen molar-refractivity contribution >= 4 is 35.6 Å². The van der Waals surface area contributed by atoms with Gasteiger partial charge in [0.25, 0.3) is 11.8 Å². The van der Waals surface area contributed by atoms with Crippen LogP contribution in [-0.4, -0.2) is 52.0 Å². The maximum absolute atomic E-state index is 11.7. The third-order valence-electron chi connectivity index (χ3n) is 4.26. The lowest BCUT2D eigenvalue weighted by Gasteiger charge is -2.16. The highest BCUT2D eigenvalue weighted by atomic mass is 32.2. The third-order valence-corrected chi connectivity index (χ3v) is 5.77. The van der Waals surface area contributed by atoms with Crippen molar-refractivity contribution in [1.82, 2.24) is 15.7 Å². The van der Waals surface area contributed by atoms with Crippen LogP contribution < -0.4 is 10.6 Å². The molecule has 0 aromatic carbocycles. The van der Waals surface area contributed by atoms with Crippen molar-refractivity contribution in [3.05, 3.63) is 0 Å². The van der Waals surface area contributed by atoms with Crippen molar-refractivity contribution in [1.29, 1.82) is 0 Å². The number of urea groups is 1. The van der Waals surface area contributed by atoms with Crippen LogP contribution in [-0.2, 0) is 19.2 Å². The fourth-order valence-corrected chi connectivity index (χ4v) is 4.61. The number of nitrogens with zero attached hydrogens (tertiary/aromatic N) is 1. The summed E-state index contributed by atoms with van der Waals surface area (Å²) in [6.07, 6.45) is 2.75. The Balaban J connectivity index is 1.34. The van der Waals surface area contributed by atoms with E-state index in [1.54, 1.807) is 0 Å². The molecule has 0 aromatic rings. The summed E-state index contributed by atoms with van der Waals surface area (Å²) in [5, 5.41) is 6.76. The number of unbranched alkanes of at least 4 members (excludes halogenated alkanes) is 1. The maximum Gasteiger partial charge on any atom is 0.333 e. The first-order chi connectivity index (χ1) is 11.0. The van der Waals surface area contributed by atoms with Gasteiger partial charge in [-0.1, -0.05) is 6.42 Å². The Morgan fingerprint density at radius 1 is 1.17 bits per heavy atom. The summed E-state index contributed by atoms with van der Waals surface area (Å²) in [5.41, 5.74) is 0. The normalized spacial score (nSPS) is 29.5. The fourth-order valence-electron chi connectivity index (χ4n) is 3.06. The molecule has 0 radical (unpaired) electrons. The number of thioether (sulfide) groups is 1. The van der Waals surface area contributed by atoms with Gasteiger partial charge in [0.1, 0.15) is 0 Å². The van der Waals surface area contributed by atoms with E-state index >= 15 is 0 Å². The summed E-state index contributed by atoms with van der Waals surface area (Å²) in [4.78, 5) is 50.5. The molecule has 2 unspecified atom stereocenters. The molecule has 4 amide bonds. The van der Waals surface area contributed by atoms with Gasteiger partial charge in [-0.3, -0.25) is 9.59 Å². The summed E-state index contributed by atoms with van der Waals surface area (Å²) in [5.74, 6) is -0.557. The number of hydroxylamine groups is 2. The molecule has 3 aliphatic heterocycles. The zero-order chi connectivity index (χ0) is 16.4. The quantitative estimate of drug-likeness (QED) is 0.409. The zero-order valence-corrected chi connectivity index (χ0v) is 13.4. The molecule has 3 fully saturated rings. The van der Waals surface area contributed by atoms with Gasteiger partial charge in [-0.05, 0) is 12.8 Å². The number of hydrogen-bond acceptors (Lipinski definition) is 6. The molecule has 0 aliphatic carbocycles. The molecule has 3 heterocycles. The second kappa shape index (κ2) is 6.77. The van der Waals surface area contributed by atoms with Gasteiger partial charge in [0, 0.05) is 30.3 Å². The van der Waals surface area contributed by atoms with Gasteiger partial charge < -0.3 is 15.5 Å². The van der Waals surface area contributed by atoms with Gasteiger partial charge in [0.15, 0.2) is 0 Å². The number of hydrogen-bond donors (Lipinski definition) is 2. The Bertz CT molecular complexity index is 525. The number of carbonyl (C=O) groups excluding carboxylic acids is 4.